The fourth-order valence-corrected chi connectivity index (χ4v) is 4.01. The SMILES string of the molecule is C=C1[C@@H]2[C@H]3OC(=O)C(=C)[C@@H]3CCC(=C)[C@@H]2C[C@H]1OC(C)=O. The Bertz CT molecular complexity index is 559. The maximum atomic E-state index is 11.8. The van der Waals surface area contributed by atoms with Crippen molar-refractivity contribution < 1.29 is 19.1 Å². The molecule has 112 valence electrons. The van der Waals surface area contributed by atoms with Crippen molar-refractivity contribution in [3.63, 3.8) is 0 Å². The molecule has 2 saturated carbocycles. The molecule has 0 unspecified atom stereocenters. The molecule has 3 aliphatic rings. The van der Waals surface area contributed by atoms with Gasteiger partial charge in [0.1, 0.15) is 12.2 Å². The highest BCUT2D eigenvalue weighted by Gasteiger charge is 2.53. The fourth-order valence-electron chi connectivity index (χ4n) is 4.01. The van der Waals surface area contributed by atoms with Gasteiger partial charge in [-0.05, 0) is 30.8 Å². The summed E-state index contributed by atoms with van der Waals surface area (Å²) < 4.78 is 10.9. The fraction of sp³-hybridized carbons (Fsp3) is 0.529. The van der Waals surface area contributed by atoms with Gasteiger partial charge in [-0.2, -0.15) is 0 Å². The monoisotopic (exact) mass is 288 g/mol. The molecule has 1 saturated heterocycles. The van der Waals surface area contributed by atoms with Gasteiger partial charge >= 0.3 is 11.9 Å². The molecule has 0 aromatic heterocycles. The molecule has 1 heterocycles. The molecule has 0 aromatic rings. The van der Waals surface area contributed by atoms with E-state index in [1.807, 2.05) is 0 Å². The first-order valence-corrected chi connectivity index (χ1v) is 7.33. The van der Waals surface area contributed by atoms with Crippen LogP contribution in [0.2, 0.25) is 0 Å². The molecule has 4 heteroatoms. The highest BCUT2D eigenvalue weighted by atomic mass is 16.6. The van der Waals surface area contributed by atoms with E-state index in [-0.39, 0.29) is 41.9 Å². The maximum absolute atomic E-state index is 11.8. The first kappa shape index (κ1) is 14.1. The summed E-state index contributed by atoms with van der Waals surface area (Å²) in [6.45, 7) is 13.6. The topological polar surface area (TPSA) is 52.6 Å². The number of hydrogen-bond acceptors (Lipinski definition) is 4. The quantitative estimate of drug-likeness (QED) is 0.423. The van der Waals surface area contributed by atoms with E-state index in [1.54, 1.807) is 0 Å². The van der Waals surface area contributed by atoms with Crippen LogP contribution in [0.1, 0.15) is 26.2 Å². The Kier molecular flexibility index (Phi) is 3.27. The van der Waals surface area contributed by atoms with E-state index < -0.39 is 0 Å². The van der Waals surface area contributed by atoms with Gasteiger partial charge in [0.25, 0.3) is 0 Å². The van der Waals surface area contributed by atoms with Crippen LogP contribution >= 0.6 is 0 Å². The Hall–Kier alpha value is -1.84. The molecular formula is C17H20O4. The van der Waals surface area contributed by atoms with Crippen LogP contribution in [0, 0.1) is 17.8 Å². The van der Waals surface area contributed by atoms with E-state index in [9.17, 15) is 9.59 Å². The van der Waals surface area contributed by atoms with Crippen molar-refractivity contribution >= 4 is 11.9 Å². The molecule has 0 amide bonds. The second-order valence-electron chi connectivity index (χ2n) is 6.24. The van der Waals surface area contributed by atoms with Crippen LogP contribution < -0.4 is 0 Å². The molecule has 1 aliphatic heterocycles. The number of hydrogen-bond donors (Lipinski definition) is 0. The van der Waals surface area contributed by atoms with Crippen LogP contribution in [-0.4, -0.2) is 24.1 Å². The molecular weight excluding hydrogens is 268 g/mol. The molecule has 3 fully saturated rings. The minimum Gasteiger partial charge on any atom is -0.458 e. The number of rotatable bonds is 1. The van der Waals surface area contributed by atoms with Crippen LogP contribution in [0.15, 0.2) is 36.5 Å². The highest BCUT2D eigenvalue weighted by Crippen LogP contribution is 2.52. The lowest BCUT2D eigenvalue weighted by Crippen LogP contribution is -2.29. The molecule has 0 spiro atoms. The largest absolute Gasteiger partial charge is 0.458 e. The Balaban J connectivity index is 1.93. The average Bonchev–Trinajstić information content (AvgIpc) is 2.81. The highest BCUT2D eigenvalue weighted by molar-refractivity contribution is 5.91. The molecule has 3 rings (SSSR count). The lowest BCUT2D eigenvalue weighted by atomic mass is 9.82. The van der Waals surface area contributed by atoms with E-state index in [0.29, 0.717) is 12.0 Å². The van der Waals surface area contributed by atoms with Gasteiger partial charge in [0, 0.05) is 24.3 Å². The Morgan fingerprint density at radius 3 is 2.67 bits per heavy atom. The number of ether oxygens (including phenoxy) is 2. The summed E-state index contributed by atoms with van der Waals surface area (Å²) in [4.78, 5) is 23.1. The summed E-state index contributed by atoms with van der Waals surface area (Å²) in [6.07, 6.45) is 1.84. The van der Waals surface area contributed by atoms with Gasteiger partial charge in [0.05, 0.1) is 0 Å². The van der Waals surface area contributed by atoms with Gasteiger partial charge in [0.15, 0.2) is 0 Å². The summed E-state index contributed by atoms with van der Waals surface area (Å²) in [5.41, 5.74) is 2.53. The van der Waals surface area contributed by atoms with Crippen molar-refractivity contribution in [2.24, 2.45) is 17.8 Å². The van der Waals surface area contributed by atoms with E-state index in [1.165, 1.54) is 6.92 Å². The first-order valence-electron chi connectivity index (χ1n) is 7.33. The summed E-state index contributed by atoms with van der Waals surface area (Å²) in [5, 5.41) is 0. The second-order valence-corrected chi connectivity index (χ2v) is 6.24. The van der Waals surface area contributed by atoms with Gasteiger partial charge in [-0.15, -0.1) is 0 Å². The van der Waals surface area contributed by atoms with Crippen molar-refractivity contribution in [1.82, 2.24) is 0 Å². The first-order chi connectivity index (χ1) is 9.90. The molecule has 2 aliphatic carbocycles. The van der Waals surface area contributed by atoms with Gasteiger partial charge in [-0.1, -0.05) is 25.3 Å². The Morgan fingerprint density at radius 2 is 2.00 bits per heavy atom. The lowest BCUT2D eigenvalue weighted by molar-refractivity contribution is -0.145. The molecule has 0 N–H and O–H groups in total. The number of allylic oxidation sites excluding steroid dienone is 1. The zero-order valence-corrected chi connectivity index (χ0v) is 12.3. The molecule has 0 bridgehead atoms. The lowest BCUT2D eigenvalue weighted by Gasteiger charge is -2.26. The number of carbonyl (C=O) groups is 2. The van der Waals surface area contributed by atoms with E-state index in [2.05, 4.69) is 19.7 Å². The van der Waals surface area contributed by atoms with E-state index in [0.717, 1.165) is 24.0 Å². The molecule has 5 atom stereocenters. The Labute approximate surface area is 124 Å². The van der Waals surface area contributed by atoms with Crippen LogP contribution in [0.25, 0.3) is 0 Å². The summed E-state index contributed by atoms with van der Waals surface area (Å²) >= 11 is 0. The van der Waals surface area contributed by atoms with Crippen molar-refractivity contribution in [2.45, 2.75) is 38.4 Å². The van der Waals surface area contributed by atoms with Crippen LogP contribution in [0.4, 0.5) is 0 Å². The molecule has 0 radical (unpaired) electrons. The van der Waals surface area contributed by atoms with Gasteiger partial charge in [-0.25, -0.2) is 4.79 Å². The van der Waals surface area contributed by atoms with Crippen molar-refractivity contribution in [2.75, 3.05) is 0 Å². The van der Waals surface area contributed by atoms with E-state index >= 15 is 0 Å². The average molecular weight is 288 g/mol. The van der Waals surface area contributed by atoms with Gasteiger partial charge in [-0.3, -0.25) is 4.79 Å². The second kappa shape index (κ2) is 4.86. The minimum absolute atomic E-state index is 0.0162. The number of fused-ring (bicyclic) bond motifs is 3. The standard InChI is InChI=1S/C17H20O4/c1-8-5-6-12-9(2)17(19)21-16(12)15-10(3)14(7-13(8)15)20-11(4)18/h12-16H,1-3,5-7H2,4H3/t12-,13-,14+,15-,16-/m0/s1. The van der Waals surface area contributed by atoms with Crippen molar-refractivity contribution in [3.8, 4) is 0 Å². The van der Waals surface area contributed by atoms with E-state index in [4.69, 9.17) is 9.47 Å². The van der Waals surface area contributed by atoms with Gasteiger partial charge in [0.2, 0.25) is 0 Å². The Morgan fingerprint density at radius 1 is 1.29 bits per heavy atom. The smallest absolute Gasteiger partial charge is 0.334 e. The minimum atomic E-state index is -0.312. The predicted molar refractivity (Wildman–Crippen MR) is 77.2 cm³/mol. The van der Waals surface area contributed by atoms with Crippen LogP contribution in [0.5, 0.6) is 0 Å². The maximum Gasteiger partial charge on any atom is 0.334 e. The molecule has 0 aromatic carbocycles. The number of carbonyl (C=O) groups excluding carboxylic acids is 2. The zero-order valence-electron chi connectivity index (χ0n) is 12.3. The predicted octanol–water partition coefficient (Wildman–Crippen LogP) is 2.56. The van der Waals surface area contributed by atoms with Crippen molar-refractivity contribution in [3.05, 3.63) is 36.5 Å². The summed E-state index contributed by atoms with van der Waals surface area (Å²) in [5.74, 6) is -0.447. The van der Waals surface area contributed by atoms with Crippen molar-refractivity contribution in [1.29, 1.82) is 0 Å². The third-order valence-electron chi connectivity index (χ3n) is 5.06. The summed E-state index contributed by atoms with van der Waals surface area (Å²) in [7, 11) is 0. The third-order valence-corrected chi connectivity index (χ3v) is 5.06. The van der Waals surface area contributed by atoms with Crippen LogP contribution in [0.3, 0.4) is 0 Å². The third kappa shape index (κ3) is 2.13. The number of esters is 2. The van der Waals surface area contributed by atoms with Gasteiger partial charge < -0.3 is 9.47 Å². The molecule has 4 nitrogen and oxygen atoms in total. The molecule has 21 heavy (non-hydrogen) atoms. The summed E-state index contributed by atoms with van der Waals surface area (Å²) in [6, 6.07) is 0. The zero-order chi connectivity index (χ0) is 15.3. The normalized spacial score (nSPS) is 38.6. The van der Waals surface area contributed by atoms with Crippen LogP contribution in [-0.2, 0) is 19.1 Å².